The normalized spacial score (nSPS) is 28.4. The van der Waals surface area contributed by atoms with Crippen molar-refractivity contribution in [3.63, 3.8) is 0 Å². The van der Waals surface area contributed by atoms with Crippen LogP contribution in [0.1, 0.15) is 26.7 Å². The summed E-state index contributed by atoms with van der Waals surface area (Å²) in [4.78, 5) is 9.24. The fourth-order valence-corrected chi connectivity index (χ4v) is 2.86. The van der Waals surface area contributed by atoms with E-state index in [-0.39, 0.29) is 0 Å². The van der Waals surface area contributed by atoms with Crippen molar-refractivity contribution in [2.24, 2.45) is 16.6 Å². The second kappa shape index (κ2) is 7.10. The molecular formula is C14H28N4O. The van der Waals surface area contributed by atoms with Gasteiger partial charge < -0.3 is 15.4 Å². The van der Waals surface area contributed by atoms with Crippen LogP contribution < -0.4 is 5.73 Å². The summed E-state index contributed by atoms with van der Waals surface area (Å²) in [5, 5.41) is 0. The molecule has 0 aromatic rings. The average molecular weight is 268 g/mol. The van der Waals surface area contributed by atoms with E-state index in [2.05, 4.69) is 28.6 Å². The Balaban J connectivity index is 1.79. The van der Waals surface area contributed by atoms with E-state index < -0.39 is 0 Å². The van der Waals surface area contributed by atoms with Crippen LogP contribution in [0.3, 0.4) is 0 Å². The minimum absolute atomic E-state index is 0.488. The van der Waals surface area contributed by atoms with Crippen LogP contribution in [-0.4, -0.2) is 67.7 Å². The largest absolute Gasteiger partial charge is 0.378 e. The minimum atomic E-state index is 0.488. The summed E-state index contributed by atoms with van der Waals surface area (Å²) in [6.45, 7) is 11.1. The van der Waals surface area contributed by atoms with E-state index in [1.165, 1.54) is 25.9 Å². The first-order chi connectivity index (χ1) is 9.16. The lowest BCUT2D eigenvalue weighted by atomic mass is 9.99. The number of guanidine groups is 1. The smallest absolute Gasteiger partial charge is 0.191 e. The third-order valence-electron chi connectivity index (χ3n) is 4.16. The standard InChI is InChI=1S/C14H28N4O/c1-12-4-3-5-18(11-12)13(2)10-16-14(15)17-6-8-19-9-7-17/h12-13H,3-11H2,1-2H3,(H2,15,16). The average Bonchev–Trinajstić information content (AvgIpc) is 2.45. The molecule has 2 aliphatic heterocycles. The number of nitrogens with zero attached hydrogens (tertiary/aromatic N) is 3. The molecule has 2 atom stereocenters. The molecule has 5 heteroatoms. The number of aliphatic imine (C=N–C) groups is 1. The Bertz CT molecular complexity index is 302. The molecule has 2 heterocycles. The van der Waals surface area contributed by atoms with Crippen molar-refractivity contribution in [1.82, 2.24) is 9.80 Å². The number of nitrogens with two attached hydrogens (primary N) is 1. The van der Waals surface area contributed by atoms with E-state index in [4.69, 9.17) is 10.5 Å². The summed E-state index contributed by atoms with van der Waals surface area (Å²) in [7, 11) is 0. The fourth-order valence-electron chi connectivity index (χ4n) is 2.86. The summed E-state index contributed by atoms with van der Waals surface area (Å²) in [6.07, 6.45) is 2.68. The first-order valence-electron chi connectivity index (χ1n) is 7.53. The Hall–Kier alpha value is -0.810. The van der Waals surface area contributed by atoms with E-state index >= 15 is 0 Å². The van der Waals surface area contributed by atoms with Gasteiger partial charge in [-0.1, -0.05) is 6.92 Å². The van der Waals surface area contributed by atoms with Gasteiger partial charge in [-0.3, -0.25) is 9.89 Å². The Morgan fingerprint density at radius 1 is 1.37 bits per heavy atom. The molecule has 2 unspecified atom stereocenters. The van der Waals surface area contributed by atoms with Crippen LogP contribution in [0.4, 0.5) is 0 Å². The molecule has 2 saturated heterocycles. The van der Waals surface area contributed by atoms with Gasteiger partial charge in [0, 0.05) is 25.7 Å². The van der Waals surface area contributed by atoms with Gasteiger partial charge in [-0.05, 0) is 32.2 Å². The summed E-state index contributed by atoms with van der Waals surface area (Å²) < 4.78 is 5.32. The van der Waals surface area contributed by atoms with Crippen molar-refractivity contribution in [3.8, 4) is 0 Å². The number of hydrogen-bond donors (Lipinski definition) is 1. The summed E-state index contributed by atoms with van der Waals surface area (Å²) in [5.41, 5.74) is 6.06. The zero-order valence-electron chi connectivity index (χ0n) is 12.3. The highest BCUT2D eigenvalue weighted by atomic mass is 16.5. The van der Waals surface area contributed by atoms with Crippen LogP contribution in [0.25, 0.3) is 0 Å². The Morgan fingerprint density at radius 2 is 2.11 bits per heavy atom. The lowest BCUT2D eigenvalue weighted by Gasteiger charge is -2.35. The van der Waals surface area contributed by atoms with Crippen LogP contribution in [0.15, 0.2) is 4.99 Å². The third kappa shape index (κ3) is 4.35. The molecule has 0 saturated carbocycles. The van der Waals surface area contributed by atoms with Crippen molar-refractivity contribution in [2.75, 3.05) is 45.9 Å². The summed E-state index contributed by atoms with van der Waals surface area (Å²) in [5.74, 6) is 1.50. The van der Waals surface area contributed by atoms with Crippen LogP contribution in [0.2, 0.25) is 0 Å². The van der Waals surface area contributed by atoms with Gasteiger partial charge in [-0.2, -0.15) is 0 Å². The molecule has 2 N–H and O–H groups in total. The number of likely N-dealkylation sites (tertiary alicyclic amines) is 1. The number of hydrogen-bond acceptors (Lipinski definition) is 3. The van der Waals surface area contributed by atoms with Crippen LogP contribution in [0, 0.1) is 5.92 Å². The number of rotatable bonds is 3. The molecule has 0 amide bonds. The van der Waals surface area contributed by atoms with Gasteiger partial charge in [0.2, 0.25) is 0 Å². The topological polar surface area (TPSA) is 54.1 Å². The summed E-state index contributed by atoms with van der Waals surface area (Å²) in [6, 6.07) is 0.488. The van der Waals surface area contributed by atoms with Gasteiger partial charge in [-0.15, -0.1) is 0 Å². The summed E-state index contributed by atoms with van der Waals surface area (Å²) >= 11 is 0. The zero-order chi connectivity index (χ0) is 13.7. The van der Waals surface area contributed by atoms with Gasteiger partial charge in [0.15, 0.2) is 5.96 Å². The molecule has 0 spiro atoms. The molecular weight excluding hydrogens is 240 g/mol. The van der Waals surface area contributed by atoms with Gasteiger partial charge in [-0.25, -0.2) is 0 Å². The van der Waals surface area contributed by atoms with Gasteiger partial charge >= 0.3 is 0 Å². The first kappa shape index (κ1) is 14.6. The lowest BCUT2D eigenvalue weighted by Crippen LogP contribution is -2.46. The lowest BCUT2D eigenvalue weighted by molar-refractivity contribution is 0.0672. The zero-order valence-corrected chi connectivity index (χ0v) is 12.3. The van der Waals surface area contributed by atoms with Gasteiger partial charge in [0.1, 0.15) is 0 Å². The highest BCUT2D eigenvalue weighted by molar-refractivity contribution is 5.78. The van der Waals surface area contributed by atoms with Crippen LogP contribution in [0.5, 0.6) is 0 Å². The van der Waals surface area contributed by atoms with Gasteiger partial charge in [0.05, 0.1) is 19.8 Å². The maximum absolute atomic E-state index is 6.06. The molecule has 0 aliphatic carbocycles. The number of morpholine rings is 1. The van der Waals surface area contributed by atoms with Crippen LogP contribution >= 0.6 is 0 Å². The van der Waals surface area contributed by atoms with Crippen molar-refractivity contribution in [2.45, 2.75) is 32.7 Å². The molecule has 5 nitrogen and oxygen atoms in total. The molecule has 0 radical (unpaired) electrons. The maximum Gasteiger partial charge on any atom is 0.191 e. The van der Waals surface area contributed by atoms with E-state index in [0.717, 1.165) is 38.8 Å². The predicted molar refractivity (Wildman–Crippen MR) is 78.3 cm³/mol. The number of ether oxygens (including phenoxy) is 1. The van der Waals surface area contributed by atoms with Crippen molar-refractivity contribution in [3.05, 3.63) is 0 Å². The molecule has 2 aliphatic rings. The quantitative estimate of drug-likeness (QED) is 0.606. The minimum Gasteiger partial charge on any atom is -0.378 e. The van der Waals surface area contributed by atoms with Crippen molar-refractivity contribution < 1.29 is 4.74 Å². The highest BCUT2D eigenvalue weighted by Gasteiger charge is 2.21. The Labute approximate surface area is 116 Å². The number of piperidine rings is 1. The molecule has 110 valence electrons. The van der Waals surface area contributed by atoms with Crippen LogP contribution in [-0.2, 0) is 4.74 Å². The fraction of sp³-hybridized carbons (Fsp3) is 0.929. The second-order valence-electron chi connectivity index (χ2n) is 5.89. The first-order valence-corrected chi connectivity index (χ1v) is 7.53. The van der Waals surface area contributed by atoms with E-state index in [1.807, 2.05) is 0 Å². The van der Waals surface area contributed by atoms with E-state index in [0.29, 0.717) is 12.0 Å². The monoisotopic (exact) mass is 268 g/mol. The van der Waals surface area contributed by atoms with E-state index in [9.17, 15) is 0 Å². The molecule has 0 aromatic carbocycles. The molecule has 2 fully saturated rings. The van der Waals surface area contributed by atoms with E-state index in [1.54, 1.807) is 0 Å². The predicted octanol–water partition coefficient (Wildman–Crippen LogP) is 0.754. The molecule has 19 heavy (non-hydrogen) atoms. The van der Waals surface area contributed by atoms with Crippen molar-refractivity contribution >= 4 is 5.96 Å². The molecule has 0 bridgehead atoms. The Morgan fingerprint density at radius 3 is 2.79 bits per heavy atom. The molecule has 2 rings (SSSR count). The maximum atomic E-state index is 6.06. The SMILES string of the molecule is CC1CCCN(C(C)CN=C(N)N2CCOCC2)C1. The van der Waals surface area contributed by atoms with Gasteiger partial charge in [0.25, 0.3) is 0 Å². The van der Waals surface area contributed by atoms with Crippen molar-refractivity contribution in [1.29, 1.82) is 0 Å². The molecule has 0 aromatic heterocycles. The third-order valence-corrected chi connectivity index (χ3v) is 4.16. The Kier molecular flexibility index (Phi) is 5.45. The highest BCUT2D eigenvalue weighted by Crippen LogP contribution is 2.17. The second-order valence-corrected chi connectivity index (χ2v) is 5.89.